The lowest BCUT2D eigenvalue weighted by Gasteiger charge is -2.25. The highest BCUT2D eigenvalue weighted by Gasteiger charge is 2.11. The van der Waals surface area contributed by atoms with E-state index in [-0.39, 0.29) is 19.2 Å². The van der Waals surface area contributed by atoms with E-state index in [1.165, 1.54) is 96.3 Å². The Morgan fingerprint density at radius 3 is 1.58 bits per heavy atom. The van der Waals surface area contributed by atoms with Crippen LogP contribution in [0.3, 0.4) is 0 Å². The van der Waals surface area contributed by atoms with E-state index in [0.717, 1.165) is 13.0 Å². The molecule has 0 aliphatic rings. The van der Waals surface area contributed by atoms with Crippen LogP contribution in [0.5, 0.6) is 0 Å². The van der Waals surface area contributed by atoms with Gasteiger partial charge in [0, 0.05) is 19.6 Å². The van der Waals surface area contributed by atoms with Crippen molar-refractivity contribution in [3.63, 3.8) is 0 Å². The van der Waals surface area contributed by atoms with Gasteiger partial charge in [0.25, 0.3) is 7.82 Å². The molecule has 1 atom stereocenters. The number of hydrogen-bond acceptors (Lipinski definition) is 5. The average Bonchev–Trinajstić information content (AvgIpc) is 2.82. The number of quaternary nitrogens is 1. The number of aliphatic hydroxyl groups excluding tert-OH is 1. The molecule has 0 bridgehead atoms. The lowest BCUT2D eigenvalue weighted by Crippen LogP contribution is -2.41. The number of carbonyl (C=O) groups excluding carboxylic acids is 1. The predicted octanol–water partition coefficient (Wildman–Crippen LogP) is 5.44. The molecule has 0 heterocycles. The molecule has 38 heavy (non-hydrogen) atoms. The molecule has 0 rings (SSSR count). The van der Waals surface area contributed by atoms with Crippen molar-refractivity contribution in [1.29, 1.82) is 0 Å². The fraction of sp³-hybridized carbons (Fsp3) is 0.964. The van der Waals surface area contributed by atoms with Crippen LogP contribution < -0.4 is 10.2 Å². The largest absolute Gasteiger partial charge is 0.756 e. The summed E-state index contributed by atoms with van der Waals surface area (Å²) in [6.07, 6.45) is 21.7. The zero-order valence-electron chi connectivity index (χ0n) is 25.4. The third-order valence-electron chi connectivity index (χ3n) is 6.28. The first-order valence-corrected chi connectivity index (χ1v) is 16.6. The second kappa shape index (κ2) is 26.5. The molecule has 0 fully saturated rings. The van der Waals surface area contributed by atoms with Crippen LogP contribution in [0.4, 0.5) is 4.79 Å². The Balaban J connectivity index is 0. The smallest absolute Gasteiger partial charge is 0.317 e. The van der Waals surface area contributed by atoms with Crippen LogP contribution in [-0.2, 0) is 9.09 Å². The predicted molar refractivity (Wildman–Crippen MR) is 156 cm³/mol. The van der Waals surface area contributed by atoms with Gasteiger partial charge in [0.15, 0.2) is 0 Å². The van der Waals surface area contributed by atoms with Crippen LogP contribution in [0, 0.1) is 0 Å². The van der Waals surface area contributed by atoms with Crippen molar-refractivity contribution in [2.45, 2.75) is 117 Å². The quantitative estimate of drug-likeness (QED) is 0.0811. The first-order chi connectivity index (χ1) is 18.0. The summed E-state index contributed by atoms with van der Waals surface area (Å²) in [5, 5.41) is 11.9. The highest BCUT2D eigenvalue weighted by Crippen LogP contribution is 2.29. The molecule has 0 aromatic heterocycles. The normalized spacial score (nSPS) is 12.9. The zero-order valence-corrected chi connectivity index (χ0v) is 26.3. The van der Waals surface area contributed by atoms with Gasteiger partial charge in [-0.1, -0.05) is 103 Å². The SMILES string of the molecule is CCCCCCCCCCCCCCCCCCN(CCO)C(=O)NCC.C[N+](C)(C)CCOP(=O)([O-])O. The summed E-state index contributed by atoms with van der Waals surface area (Å²) in [4.78, 5) is 31.8. The summed E-state index contributed by atoms with van der Waals surface area (Å²) in [5.74, 6) is 0. The van der Waals surface area contributed by atoms with Gasteiger partial charge in [-0.05, 0) is 13.3 Å². The number of urea groups is 1. The van der Waals surface area contributed by atoms with Crippen molar-refractivity contribution in [1.82, 2.24) is 10.2 Å². The van der Waals surface area contributed by atoms with Crippen LogP contribution in [0.15, 0.2) is 0 Å². The standard InChI is InChI=1S/C23H48N2O2.C5H14NO4P/c1-3-5-6-7-8-9-10-11-12-13-14-15-16-17-18-19-20-25(21-22-26)23(27)24-4-2;1-6(2,3)4-5-10-11(7,8)9/h26H,3-22H2,1-2H3,(H,24,27);4-5H2,1-3H3,(H-,7,8,9). The summed E-state index contributed by atoms with van der Waals surface area (Å²) in [7, 11) is 1.19. The van der Waals surface area contributed by atoms with Crippen molar-refractivity contribution >= 4 is 13.9 Å². The van der Waals surface area contributed by atoms with Gasteiger partial charge < -0.3 is 34.1 Å². The highest BCUT2D eigenvalue weighted by molar-refractivity contribution is 7.44. The average molecular weight is 568 g/mol. The number of phosphoric ester groups is 1. The van der Waals surface area contributed by atoms with Crippen LogP contribution in [0.1, 0.15) is 117 Å². The van der Waals surface area contributed by atoms with E-state index in [2.05, 4.69) is 16.8 Å². The fourth-order valence-electron chi connectivity index (χ4n) is 3.98. The first kappa shape index (κ1) is 39.4. The van der Waals surface area contributed by atoms with Gasteiger partial charge in [-0.3, -0.25) is 4.57 Å². The van der Waals surface area contributed by atoms with E-state index in [9.17, 15) is 14.3 Å². The number of amides is 2. The highest BCUT2D eigenvalue weighted by atomic mass is 31.2. The minimum absolute atomic E-state index is 0.0147. The number of nitrogens with zero attached hydrogens (tertiary/aromatic N) is 2. The number of nitrogens with one attached hydrogen (secondary N) is 1. The van der Waals surface area contributed by atoms with Gasteiger partial charge in [0.2, 0.25) is 0 Å². The van der Waals surface area contributed by atoms with E-state index < -0.39 is 7.82 Å². The minimum Gasteiger partial charge on any atom is -0.756 e. The van der Waals surface area contributed by atoms with Gasteiger partial charge in [-0.15, -0.1) is 0 Å². The Hall–Kier alpha value is -0.700. The lowest BCUT2D eigenvalue weighted by atomic mass is 10.0. The van der Waals surface area contributed by atoms with Gasteiger partial charge in [0.1, 0.15) is 13.2 Å². The topological polar surface area (TPSA) is 122 Å². The van der Waals surface area contributed by atoms with Crippen molar-refractivity contribution < 1.29 is 33.3 Å². The molecule has 1 unspecified atom stereocenters. The van der Waals surface area contributed by atoms with E-state index in [1.807, 2.05) is 28.1 Å². The molecule has 3 N–H and O–H groups in total. The number of phosphoric acid groups is 1. The molecule has 230 valence electrons. The summed E-state index contributed by atoms with van der Waals surface area (Å²) < 4.78 is 14.8. The minimum atomic E-state index is -4.51. The molecule has 0 aromatic rings. The molecule has 0 aliphatic heterocycles. The molecule has 0 aromatic carbocycles. The number of unbranched alkanes of at least 4 members (excludes halogenated alkanes) is 15. The zero-order chi connectivity index (χ0) is 29.1. The Labute approximate surface area is 234 Å². The summed E-state index contributed by atoms with van der Waals surface area (Å²) in [5.41, 5.74) is 0. The molecule has 2 amide bonds. The van der Waals surface area contributed by atoms with E-state index >= 15 is 0 Å². The van der Waals surface area contributed by atoms with Crippen molar-refractivity contribution in [3.05, 3.63) is 0 Å². The van der Waals surface area contributed by atoms with Gasteiger partial charge >= 0.3 is 6.03 Å². The number of rotatable bonds is 24. The van der Waals surface area contributed by atoms with Gasteiger partial charge in [-0.25, -0.2) is 4.79 Å². The molecular formula is C28H62N3O6P. The Morgan fingerprint density at radius 2 is 1.24 bits per heavy atom. The number of carbonyl (C=O) groups is 1. The van der Waals surface area contributed by atoms with Crippen LogP contribution in [-0.4, -0.2) is 85.9 Å². The third-order valence-corrected chi connectivity index (χ3v) is 6.79. The second-order valence-corrected chi connectivity index (χ2v) is 12.4. The van der Waals surface area contributed by atoms with E-state index in [0.29, 0.717) is 24.1 Å². The maximum Gasteiger partial charge on any atom is 0.317 e. The Bertz CT molecular complexity index is 569. The molecule has 0 spiro atoms. The molecule has 0 radical (unpaired) electrons. The molecule has 0 saturated heterocycles. The molecular weight excluding hydrogens is 505 g/mol. The van der Waals surface area contributed by atoms with Crippen LogP contribution in [0.2, 0.25) is 0 Å². The number of likely N-dealkylation sites (N-methyl/N-ethyl adjacent to an activating group) is 1. The van der Waals surface area contributed by atoms with Crippen LogP contribution >= 0.6 is 7.82 Å². The Kier molecular flexibility index (Phi) is 27.5. The number of hydrogen-bond donors (Lipinski definition) is 3. The molecule has 10 heteroatoms. The Morgan fingerprint density at radius 1 is 0.816 bits per heavy atom. The summed E-state index contributed by atoms with van der Waals surface area (Å²) >= 11 is 0. The molecule has 9 nitrogen and oxygen atoms in total. The summed E-state index contributed by atoms with van der Waals surface area (Å²) in [6.45, 7) is 6.61. The monoisotopic (exact) mass is 567 g/mol. The lowest BCUT2D eigenvalue weighted by molar-refractivity contribution is -0.870. The van der Waals surface area contributed by atoms with Gasteiger partial charge in [0.05, 0.1) is 27.7 Å². The third kappa shape index (κ3) is 33.3. The fourth-order valence-corrected chi connectivity index (χ4v) is 4.29. The van der Waals surface area contributed by atoms with E-state index in [4.69, 9.17) is 10.00 Å². The van der Waals surface area contributed by atoms with Gasteiger partial charge in [-0.2, -0.15) is 0 Å². The summed E-state index contributed by atoms with van der Waals surface area (Å²) in [6, 6.07) is -0.0486. The van der Waals surface area contributed by atoms with Crippen molar-refractivity contribution in [3.8, 4) is 0 Å². The second-order valence-electron chi connectivity index (χ2n) is 11.2. The van der Waals surface area contributed by atoms with Crippen molar-refractivity contribution in [2.24, 2.45) is 0 Å². The van der Waals surface area contributed by atoms with Crippen molar-refractivity contribution in [2.75, 3.05) is 60.5 Å². The maximum atomic E-state index is 11.8. The van der Waals surface area contributed by atoms with E-state index in [1.54, 1.807) is 4.90 Å². The maximum absolute atomic E-state index is 11.8. The molecule has 0 aliphatic carbocycles. The van der Waals surface area contributed by atoms with Crippen LogP contribution in [0.25, 0.3) is 0 Å². The number of aliphatic hydroxyl groups is 1. The first-order valence-electron chi connectivity index (χ1n) is 15.1. The molecule has 0 saturated carbocycles.